The molecular weight excluding hydrogens is 380 g/mol. The third-order valence-electron chi connectivity index (χ3n) is 6.66. The van der Waals surface area contributed by atoms with Crippen molar-refractivity contribution in [3.8, 4) is 12.1 Å². The molecule has 1 aromatic carbocycles. The van der Waals surface area contributed by atoms with Gasteiger partial charge in [-0.15, -0.1) is 0 Å². The zero-order valence-electron chi connectivity index (χ0n) is 17.1. The van der Waals surface area contributed by atoms with Gasteiger partial charge in [0.25, 0.3) is 0 Å². The van der Waals surface area contributed by atoms with Gasteiger partial charge in [-0.3, -0.25) is 14.5 Å². The summed E-state index contributed by atoms with van der Waals surface area (Å²) in [4.78, 5) is 31.3. The average molecular weight is 406 g/mol. The van der Waals surface area contributed by atoms with Crippen LogP contribution in [0, 0.1) is 22.7 Å². The van der Waals surface area contributed by atoms with E-state index in [0.29, 0.717) is 31.6 Å². The van der Waals surface area contributed by atoms with E-state index in [0.717, 1.165) is 18.4 Å². The molecule has 30 heavy (non-hydrogen) atoms. The van der Waals surface area contributed by atoms with E-state index in [4.69, 9.17) is 11.0 Å². The summed E-state index contributed by atoms with van der Waals surface area (Å²) < 4.78 is 0. The smallest absolute Gasteiger partial charge is 0.241 e. The second-order valence-electron chi connectivity index (χ2n) is 8.44. The molecule has 4 rings (SSSR count). The standard InChI is InChI=1S/C22H26N6O2/c1-14(16-5-2-4-15(8-16)10-23)28-18-9-20(22(28)30)26(12-18)13-19(25)21(29)27-7-3-6-17(27)11-24/h2,4-5,8,14,17-20H,3,6-7,9,12-13,25H2,1H3/t14-,17+,18?,19+,20+/m1/s1. The van der Waals surface area contributed by atoms with Gasteiger partial charge in [0.15, 0.2) is 0 Å². The summed E-state index contributed by atoms with van der Waals surface area (Å²) in [6, 6.07) is 10.3. The number of likely N-dealkylation sites (tertiary alicyclic amines) is 3. The second kappa shape index (κ2) is 8.06. The largest absolute Gasteiger partial charge is 0.330 e. The van der Waals surface area contributed by atoms with Crippen LogP contribution in [0.25, 0.3) is 0 Å². The monoisotopic (exact) mass is 406 g/mol. The van der Waals surface area contributed by atoms with E-state index in [9.17, 15) is 14.9 Å². The topological polar surface area (TPSA) is 117 Å². The maximum Gasteiger partial charge on any atom is 0.241 e. The van der Waals surface area contributed by atoms with Crippen molar-refractivity contribution in [1.82, 2.24) is 14.7 Å². The van der Waals surface area contributed by atoms with E-state index in [2.05, 4.69) is 12.1 Å². The molecular formula is C22H26N6O2. The zero-order chi connectivity index (χ0) is 21.4. The van der Waals surface area contributed by atoms with Crippen LogP contribution in [-0.2, 0) is 9.59 Å². The van der Waals surface area contributed by atoms with Crippen molar-refractivity contribution in [2.45, 2.75) is 56.4 Å². The quantitative estimate of drug-likeness (QED) is 0.771. The summed E-state index contributed by atoms with van der Waals surface area (Å²) in [5, 5.41) is 18.4. The Hall–Kier alpha value is -2.94. The summed E-state index contributed by atoms with van der Waals surface area (Å²) in [6.07, 6.45) is 2.25. The van der Waals surface area contributed by atoms with Gasteiger partial charge in [0.1, 0.15) is 6.04 Å². The molecule has 3 aliphatic rings. The van der Waals surface area contributed by atoms with Crippen LogP contribution in [0.3, 0.4) is 0 Å². The van der Waals surface area contributed by atoms with E-state index in [1.165, 1.54) is 0 Å². The molecule has 156 valence electrons. The molecule has 0 radical (unpaired) electrons. The number of carbonyl (C=O) groups is 2. The van der Waals surface area contributed by atoms with Crippen LogP contribution in [0.15, 0.2) is 24.3 Å². The van der Waals surface area contributed by atoms with Gasteiger partial charge < -0.3 is 15.5 Å². The van der Waals surface area contributed by atoms with Crippen molar-refractivity contribution >= 4 is 11.8 Å². The molecule has 1 aromatic rings. The molecule has 1 unspecified atom stereocenters. The number of rotatable bonds is 5. The number of fused-ring (bicyclic) bond motifs is 2. The number of benzene rings is 1. The summed E-state index contributed by atoms with van der Waals surface area (Å²) in [5.74, 6) is -0.148. The molecule has 8 nitrogen and oxygen atoms in total. The lowest BCUT2D eigenvalue weighted by Crippen LogP contribution is -2.56. The highest BCUT2D eigenvalue weighted by Crippen LogP contribution is 2.38. The Morgan fingerprint density at radius 1 is 1.37 bits per heavy atom. The van der Waals surface area contributed by atoms with Gasteiger partial charge in [0.2, 0.25) is 11.8 Å². The molecule has 8 heteroatoms. The maximum absolute atomic E-state index is 13.1. The molecule has 2 bridgehead atoms. The molecule has 3 heterocycles. The van der Waals surface area contributed by atoms with Crippen LogP contribution in [0.2, 0.25) is 0 Å². The first kappa shape index (κ1) is 20.3. The first-order valence-corrected chi connectivity index (χ1v) is 10.5. The van der Waals surface area contributed by atoms with Crippen LogP contribution < -0.4 is 5.73 Å². The van der Waals surface area contributed by atoms with Crippen LogP contribution in [0.4, 0.5) is 0 Å². The number of carbonyl (C=O) groups excluding carboxylic acids is 2. The molecule has 0 aliphatic carbocycles. The SMILES string of the molecule is C[C@H](c1cccc(C#N)c1)N1C(=O)[C@@H]2CC1CN2C[C@H](N)C(=O)N1CCC[C@H]1C#N. The minimum atomic E-state index is -0.732. The number of hydrogen-bond acceptors (Lipinski definition) is 6. The predicted octanol–water partition coefficient (Wildman–Crippen LogP) is 0.746. The summed E-state index contributed by atoms with van der Waals surface area (Å²) in [5.41, 5.74) is 7.72. The highest BCUT2D eigenvalue weighted by molar-refractivity contribution is 5.87. The van der Waals surface area contributed by atoms with Gasteiger partial charge in [-0.1, -0.05) is 12.1 Å². The molecule has 5 atom stereocenters. The lowest BCUT2D eigenvalue weighted by atomic mass is 10.0. The lowest BCUT2D eigenvalue weighted by Gasteiger charge is -2.38. The highest BCUT2D eigenvalue weighted by atomic mass is 16.2. The van der Waals surface area contributed by atoms with Crippen LogP contribution in [-0.4, -0.2) is 70.3 Å². The third-order valence-corrected chi connectivity index (χ3v) is 6.66. The molecule has 3 saturated heterocycles. The molecule has 0 aromatic heterocycles. The van der Waals surface area contributed by atoms with Crippen molar-refractivity contribution in [2.24, 2.45) is 5.73 Å². The lowest BCUT2D eigenvalue weighted by molar-refractivity contribution is -0.140. The first-order valence-electron chi connectivity index (χ1n) is 10.5. The number of nitriles is 2. The summed E-state index contributed by atoms with van der Waals surface area (Å²) >= 11 is 0. The van der Waals surface area contributed by atoms with Crippen LogP contribution >= 0.6 is 0 Å². The van der Waals surface area contributed by atoms with Crippen molar-refractivity contribution in [3.63, 3.8) is 0 Å². The Morgan fingerprint density at radius 2 is 2.17 bits per heavy atom. The van der Waals surface area contributed by atoms with Crippen molar-refractivity contribution in [2.75, 3.05) is 19.6 Å². The van der Waals surface area contributed by atoms with Crippen molar-refractivity contribution in [3.05, 3.63) is 35.4 Å². The fourth-order valence-electron chi connectivity index (χ4n) is 5.14. The molecule has 0 saturated carbocycles. The van der Waals surface area contributed by atoms with Gasteiger partial charge in [-0.05, 0) is 43.9 Å². The van der Waals surface area contributed by atoms with Gasteiger partial charge in [-0.2, -0.15) is 10.5 Å². The predicted molar refractivity (Wildman–Crippen MR) is 109 cm³/mol. The number of hydrogen-bond donors (Lipinski definition) is 1. The minimum absolute atomic E-state index is 0.0526. The highest BCUT2D eigenvalue weighted by Gasteiger charge is 2.51. The van der Waals surface area contributed by atoms with Gasteiger partial charge in [0, 0.05) is 25.7 Å². The van der Waals surface area contributed by atoms with Crippen molar-refractivity contribution < 1.29 is 9.59 Å². The number of nitrogens with two attached hydrogens (primary N) is 1. The Morgan fingerprint density at radius 3 is 2.87 bits per heavy atom. The Labute approximate surface area is 176 Å². The summed E-state index contributed by atoms with van der Waals surface area (Å²) in [7, 11) is 0. The summed E-state index contributed by atoms with van der Waals surface area (Å²) in [6.45, 7) is 3.57. The molecule has 2 amide bonds. The van der Waals surface area contributed by atoms with Crippen LogP contribution in [0.1, 0.15) is 43.4 Å². The van der Waals surface area contributed by atoms with Gasteiger partial charge in [0.05, 0.1) is 35.8 Å². The molecule has 2 N–H and O–H groups in total. The Bertz CT molecular complexity index is 934. The van der Waals surface area contributed by atoms with E-state index < -0.39 is 6.04 Å². The average Bonchev–Trinajstić information content (AvgIpc) is 3.47. The van der Waals surface area contributed by atoms with Gasteiger partial charge >= 0.3 is 0 Å². The Balaban J connectivity index is 1.40. The first-order chi connectivity index (χ1) is 14.4. The fourth-order valence-corrected chi connectivity index (χ4v) is 5.14. The van der Waals surface area contributed by atoms with Gasteiger partial charge in [-0.25, -0.2) is 0 Å². The molecule has 3 fully saturated rings. The normalized spacial score (nSPS) is 27.7. The zero-order valence-corrected chi connectivity index (χ0v) is 17.1. The van der Waals surface area contributed by atoms with Crippen molar-refractivity contribution in [1.29, 1.82) is 10.5 Å². The fraction of sp³-hybridized carbons (Fsp3) is 0.545. The molecule has 0 spiro atoms. The van der Waals surface area contributed by atoms with E-state index >= 15 is 0 Å². The van der Waals surface area contributed by atoms with E-state index in [1.807, 2.05) is 34.9 Å². The van der Waals surface area contributed by atoms with E-state index in [-0.39, 0.29) is 36.0 Å². The molecule has 3 aliphatic heterocycles. The Kier molecular flexibility index (Phi) is 5.46. The number of piperazine rings is 1. The maximum atomic E-state index is 13.1. The van der Waals surface area contributed by atoms with Crippen LogP contribution in [0.5, 0.6) is 0 Å². The minimum Gasteiger partial charge on any atom is -0.330 e. The van der Waals surface area contributed by atoms with E-state index in [1.54, 1.807) is 11.0 Å². The third kappa shape index (κ3) is 3.43. The number of nitrogens with zero attached hydrogens (tertiary/aromatic N) is 5. The second-order valence-corrected chi connectivity index (χ2v) is 8.44. The number of amides is 2.